The third-order valence-corrected chi connectivity index (χ3v) is 2.91. The molecule has 0 saturated carbocycles. The van der Waals surface area contributed by atoms with Gasteiger partial charge in [0.2, 0.25) is 0 Å². The standard InChI is InChI=1S/C16H22N2O4/c1-5-17-15(21)18-13(19)10-22-14(20)11-6-8-12(9-7-11)16(2,3)4/h6-9H,5,10H2,1-4H3,(H2,17,18,19,21). The Bertz CT molecular complexity index is 544. The lowest BCUT2D eigenvalue weighted by molar-refractivity contribution is -0.123. The van der Waals surface area contributed by atoms with Gasteiger partial charge in [0.25, 0.3) is 5.91 Å². The first-order valence-corrected chi connectivity index (χ1v) is 7.09. The SMILES string of the molecule is CCNC(=O)NC(=O)COC(=O)c1ccc(C(C)(C)C)cc1. The fraction of sp³-hybridized carbons (Fsp3) is 0.438. The van der Waals surface area contributed by atoms with E-state index in [1.807, 2.05) is 12.1 Å². The number of esters is 1. The Balaban J connectivity index is 2.52. The zero-order chi connectivity index (χ0) is 16.8. The molecule has 1 aromatic carbocycles. The summed E-state index contributed by atoms with van der Waals surface area (Å²) in [6, 6.07) is 6.41. The smallest absolute Gasteiger partial charge is 0.338 e. The number of rotatable bonds is 4. The van der Waals surface area contributed by atoms with E-state index in [1.165, 1.54) is 0 Å². The maximum Gasteiger partial charge on any atom is 0.338 e. The number of carbonyl (C=O) groups excluding carboxylic acids is 3. The van der Waals surface area contributed by atoms with Crippen molar-refractivity contribution in [2.75, 3.05) is 13.2 Å². The molecular formula is C16H22N2O4. The van der Waals surface area contributed by atoms with Crippen LogP contribution in [-0.4, -0.2) is 31.1 Å². The summed E-state index contributed by atoms with van der Waals surface area (Å²) in [5.74, 6) is -1.28. The van der Waals surface area contributed by atoms with Crippen LogP contribution in [0.4, 0.5) is 4.79 Å². The number of carbonyl (C=O) groups is 3. The van der Waals surface area contributed by atoms with Crippen LogP contribution in [0.15, 0.2) is 24.3 Å². The highest BCUT2D eigenvalue weighted by atomic mass is 16.5. The third-order valence-electron chi connectivity index (χ3n) is 2.91. The molecule has 6 heteroatoms. The van der Waals surface area contributed by atoms with Crippen LogP contribution in [0, 0.1) is 0 Å². The third kappa shape index (κ3) is 5.55. The molecule has 2 N–H and O–H groups in total. The van der Waals surface area contributed by atoms with Crippen molar-refractivity contribution in [3.05, 3.63) is 35.4 Å². The van der Waals surface area contributed by atoms with E-state index in [1.54, 1.807) is 19.1 Å². The van der Waals surface area contributed by atoms with Crippen LogP contribution in [0.3, 0.4) is 0 Å². The maximum absolute atomic E-state index is 11.8. The Kier molecular flexibility index (Phi) is 6.10. The summed E-state index contributed by atoms with van der Waals surface area (Å²) in [4.78, 5) is 34.3. The number of ether oxygens (including phenoxy) is 1. The summed E-state index contributed by atoms with van der Waals surface area (Å²) in [5.41, 5.74) is 1.45. The fourth-order valence-corrected chi connectivity index (χ4v) is 1.69. The van der Waals surface area contributed by atoms with Gasteiger partial charge in [0.1, 0.15) is 0 Å². The Morgan fingerprint density at radius 2 is 1.68 bits per heavy atom. The summed E-state index contributed by atoms with van der Waals surface area (Å²) in [5, 5.41) is 4.46. The molecule has 3 amide bonds. The molecule has 0 spiro atoms. The Hall–Kier alpha value is -2.37. The monoisotopic (exact) mass is 306 g/mol. The largest absolute Gasteiger partial charge is 0.452 e. The number of hydrogen-bond acceptors (Lipinski definition) is 4. The van der Waals surface area contributed by atoms with Crippen LogP contribution in [0.1, 0.15) is 43.6 Å². The molecule has 0 atom stereocenters. The van der Waals surface area contributed by atoms with E-state index in [0.29, 0.717) is 12.1 Å². The Labute approximate surface area is 130 Å². The van der Waals surface area contributed by atoms with Crippen LogP contribution in [0.25, 0.3) is 0 Å². The predicted octanol–water partition coefficient (Wildman–Crippen LogP) is 1.99. The molecule has 0 aliphatic rings. The molecular weight excluding hydrogens is 284 g/mol. The molecule has 0 fully saturated rings. The second-order valence-electron chi connectivity index (χ2n) is 5.81. The van der Waals surface area contributed by atoms with E-state index >= 15 is 0 Å². The second kappa shape index (κ2) is 7.59. The molecule has 1 aromatic rings. The number of amides is 3. The fourth-order valence-electron chi connectivity index (χ4n) is 1.69. The van der Waals surface area contributed by atoms with Crippen molar-refractivity contribution in [1.82, 2.24) is 10.6 Å². The highest BCUT2D eigenvalue weighted by Gasteiger charge is 2.15. The number of nitrogens with one attached hydrogen (secondary N) is 2. The molecule has 0 aliphatic heterocycles. The molecule has 0 aliphatic carbocycles. The first-order valence-electron chi connectivity index (χ1n) is 7.09. The van der Waals surface area contributed by atoms with E-state index in [0.717, 1.165) is 5.56 Å². The number of hydrogen-bond donors (Lipinski definition) is 2. The predicted molar refractivity (Wildman–Crippen MR) is 82.6 cm³/mol. The normalized spacial score (nSPS) is 10.7. The van der Waals surface area contributed by atoms with Crippen molar-refractivity contribution in [2.45, 2.75) is 33.1 Å². The highest BCUT2D eigenvalue weighted by Crippen LogP contribution is 2.22. The molecule has 0 heterocycles. The van der Waals surface area contributed by atoms with Crippen LogP contribution in [0.5, 0.6) is 0 Å². The average Bonchev–Trinajstić information content (AvgIpc) is 2.44. The van der Waals surface area contributed by atoms with Crippen molar-refractivity contribution in [1.29, 1.82) is 0 Å². The summed E-state index contributed by atoms with van der Waals surface area (Å²) >= 11 is 0. The van der Waals surface area contributed by atoms with Crippen molar-refractivity contribution < 1.29 is 19.1 Å². The maximum atomic E-state index is 11.8. The zero-order valence-corrected chi connectivity index (χ0v) is 13.4. The molecule has 0 saturated heterocycles. The second-order valence-corrected chi connectivity index (χ2v) is 5.81. The number of imide groups is 1. The number of benzene rings is 1. The molecule has 6 nitrogen and oxygen atoms in total. The first kappa shape index (κ1) is 17.7. The van der Waals surface area contributed by atoms with Gasteiger partial charge in [-0.2, -0.15) is 0 Å². The van der Waals surface area contributed by atoms with Gasteiger partial charge in [-0.15, -0.1) is 0 Å². The molecule has 0 bridgehead atoms. The van der Waals surface area contributed by atoms with Gasteiger partial charge in [-0.25, -0.2) is 9.59 Å². The highest BCUT2D eigenvalue weighted by molar-refractivity contribution is 5.96. The topological polar surface area (TPSA) is 84.5 Å². The first-order chi connectivity index (χ1) is 10.2. The van der Waals surface area contributed by atoms with Gasteiger partial charge in [0, 0.05) is 6.54 Å². The lowest BCUT2D eigenvalue weighted by Crippen LogP contribution is -2.41. The van der Waals surface area contributed by atoms with E-state index in [2.05, 4.69) is 31.4 Å². The molecule has 0 aromatic heterocycles. The van der Waals surface area contributed by atoms with E-state index < -0.39 is 24.5 Å². The van der Waals surface area contributed by atoms with Gasteiger partial charge in [-0.1, -0.05) is 32.9 Å². The van der Waals surface area contributed by atoms with Crippen LogP contribution in [0.2, 0.25) is 0 Å². The van der Waals surface area contributed by atoms with Gasteiger partial charge < -0.3 is 10.1 Å². The zero-order valence-electron chi connectivity index (χ0n) is 13.4. The van der Waals surface area contributed by atoms with Crippen LogP contribution in [-0.2, 0) is 14.9 Å². The lowest BCUT2D eigenvalue weighted by atomic mass is 9.87. The van der Waals surface area contributed by atoms with E-state index in [-0.39, 0.29) is 5.41 Å². The Morgan fingerprint density at radius 3 is 2.18 bits per heavy atom. The minimum Gasteiger partial charge on any atom is -0.452 e. The van der Waals surface area contributed by atoms with Crippen molar-refractivity contribution in [2.24, 2.45) is 0 Å². The molecule has 0 radical (unpaired) electrons. The number of urea groups is 1. The van der Waals surface area contributed by atoms with Crippen molar-refractivity contribution >= 4 is 17.9 Å². The average molecular weight is 306 g/mol. The van der Waals surface area contributed by atoms with E-state index in [9.17, 15) is 14.4 Å². The van der Waals surface area contributed by atoms with Crippen LogP contribution >= 0.6 is 0 Å². The van der Waals surface area contributed by atoms with Gasteiger partial charge in [-0.05, 0) is 30.0 Å². The summed E-state index contributed by atoms with van der Waals surface area (Å²) in [7, 11) is 0. The minimum absolute atomic E-state index is 0.00500. The molecule has 1 rings (SSSR count). The van der Waals surface area contributed by atoms with Crippen molar-refractivity contribution in [3.8, 4) is 0 Å². The van der Waals surface area contributed by atoms with Gasteiger partial charge >= 0.3 is 12.0 Å². The Morgan fingerprint density at radius 1 is 1.09 bits per heavy atom. The summed E-state index contributed by atoms with van der Waals surface area (Å²) in [6.07, 6.45) is 0. The van der Waals surface area contributed by atoms with Gasteiger partial charge in [0.15, 0.2) is 6.61 Å². The van der Waals surface area contributed by atoms with E-state index in [4.69, 9.17) is 4.74 Å². The van der Waals surface area contributed by atoms with Gasteiger partial charge in [-0.3, -0.25) is 10.1 Å². The molecule has 0 unspecified atom stereocenters. The molecule has 22 heavy (non-hydrogen) atoms. The minimum atomic E-state index is -0.675. The lowest BCUT2D eigenvalue weighted by Gasteiger charge is -2.18. The molecule has 120 valence electrons. The van der Waals surface area contributed by atoms with Gasteiger partial charge in [0.05, 0.1) is 5.56 Å². The summed E-state index contributed by atoms with van der Waals surface area (Å²) < 4.78 is 4.86. The summed E-state index contributed by atoms with van der Waals surface area (Å²) in [6.45, 7) is 7.85. The van der Waals surface area contributed by atoms with Crippen LogP contribution < -0.4 is 10.6 Å². The quantitative estimate of drug-likeness (QED) is 0.833. The van der Waals surface area contributed by atoms with Crippen molar-refractivity contribution in [3.63, 3.8) is 0 Å².